The van der Waals surface area contributed by atoms with Crippen molar-refractivity contribution in [1.29, 1.82) is 0 Å². The van der Waals surface area contributed by atoms with Gasteiger partial charge in [-0.15, -0.1) is 0 Å². The number of fused-ring (bicyclic) bond motifs is 3. The lowest BCUT2D eigenvalue weighted by atomic mass is 10.1. The van der Waals surface area contributed by atoms with Gasteiger partial charge in [0.05, 0.1) is 22.8 Å². The zero-order chi connectivity index (χ0) is 21.5. The monoisotopic (exact) mass is 384 g/mol. The third-order valence-corrected chi connectivity index (χ3v) is 5.39. The van der Waals surface area contributed by atoms with Gasteiger partial charge >= 0.3 is 7.60 Å². The Kier molecular flexibility index (Phi) is 3.67. The predicted molar refractivity (Wildman–Crippen MR) is 107 cm³/mol. The summed E-state index contributed by atoms with van der Waals surface area (Å²) >= 11 is 0. The zero-order valence-electron chi connectivity index (χ0n) is 17.4. The lowest BCUT2D eigenvalue weighted by Gasteiger charge is -2.10. The maximum absolute atomic E-state index is 11.2. The molecule has 6 heteroatoms. The van der Waals surface area contributed by atoms with Gasteiger partial charge < -0.3 is 19.1 Å². The van der Waals surface area contributed by atoms with Gasteiger partial charge in [0.1, 0.15) is 5.75 Å². The molecule has 4 rings (SSSR count). The Hall–Kier alpha value is -2.59. The SMILES string of the molecule is [2H]C([2H])([2H])Oc1ccc2c3ccccc3n(Cc3ccc(CP(=O)(O)O)cc3)c2c1. The van der Waals surface area contributed by atoms with Crippen molar-refractivity contribution in [2.24, 2.45) is 0 Å². The second kappa shape index (κ2) is 6.86. The highest BCUT2D eigenvalue weighted by Crippen LogP contribution is 2.39. The number of ether oxygens (including phenoxy) is 1. The Bertz CT molecular complexity index is 1260. The normalized spacial score (nSPS) is 14.1. The Balaban J connectivity index is 1.76. The van der Waals surface area contributed by atoms with Crippen LogP contribution in [-0.4, -0.2) is 21.4 Å². The molecule has 1 aromatic heterocycles. The van der Waals surface area contributed by atoms with E-state index >= 15 is 0 Å². The van der Waals surface area contributed by atoms with Gasteiger partial charge in [-0.25, -0.2) is 0 Å². The van der Waals surface area contributed by atoms with Crippen molar-refractivity contribution in [2.75, 3.05) is 7.04 Å². The first-order valence-electron chi connectivity index (χ1n) is 9.91. The van der Waals surface area contributed by atoms with Crippen molar-refractivity contribution < 1.29 is 23.2 Å². The number of nitrogens with zero attached hydrogens (tertiary/aromatic N) is 1. The summed E-state index contributed by atoms with van der Waals surface area (Å²) in [5.74, 6) is 0.267. The van der Waals surface area contributed by atoms with E-state index in [9.17, 15) is 4.57 Å². The van der Waals surface area contributed by atoms with E-state index in [1.54, 1.807) is 24.3 Å². The molecule has 0 saturated carbocycles. The Morgan fingerprint density at radius 1 is 0.963 bits per heavy atom. The molecule has 0 aliphatic rings. The van der Waals surface area contributed by atoms with Crippen LogP contribution >= 0.6 is 7.60 Å². The molecule has 0 fully saturated rings. The van der Waals surface area contributed by atoms with Crippen LogP contribution in [0.15, 0.2) is 66.7 Å². The van der Waals surface area contributed by atoms with Gasteiger partial charge in [0.15, 0.2) is 0 Å². The molecular weight excluding hydrogens is 361 g/mol. The van der Waals surface area contributed by atoms with Crippen LogP contribution in [0.4, 0.5) is 0 Å². The molecule has 1 heterocycles. The minimum Gasteiger partial charge on any atom is -0.497 e. The molecule has 4 aromatic rings. The van der Waals surface area contributed by atoms with Crippen LogP contribution in [0, 0.1) is 0 Å². The lowest BCUT2D eigenvalue weighted by Crippen LogP contribution is -2.00. The second-order valence-electron chi connectivity index (χ2n) is 6.52. The summed E-state index contributed by atoms with van der Waals surface area (Å²) < 4.78 is 40.4. The molecule has 0 unspecified atom stereocenters. The summed E-state index contributed by atoms with van der Waals surface area (Å²) in [7, 11) is -6.64. The fraction of sp³-hybridized carbons (Fsp3) is 0.143. The number of hydrogen-bond acceptors (Lipinski definition) is 2. The minimum atomic E-state index is -4.11. The van der Waals surface area contributed by atoms with E-state index in [0.29, 0.717) is 12.1 Å². The summed E-state index contributed by atoms with van der Waals surface area (Å²) in [5.41, 5.74) is 3.37. The molecule has 0 aliphatic carbocycles. The molecule has 2 N–H and O–H groups in total. The number of benzene rings is 3. The minimum absolute atomic E-state index is 0.267. The number of para-hydroxylation sites is 1. The Morgan fingerprint density at radius 3 is 2.41 bits per heavy atom. The standard InChI is InChI=1S/C21H20NO4P/c1-26-17-10-11-19-18-4-2-3-5-20(18)22(21(19)12-17)13-15-6-8-16(9-7-15)14-27(23,24)25/h2-12H,13-14H2,1H3,(H2,23,24,25)/i1D3. The third-order valence-electron chi connectivity index (χ3n) is 4.62. The molecule has 0 saturated heterocycles. The van der Waals surface area contributed by atoms with Gasteiger partial charge in [0, 0.05) is 28.9 Å². The van der Waals surface area contributed by atoms with Gasteiger partial charge in [-0.1, -0.05) is 42.5 Å². The van der Waals surface area contributed by atoms with E-state index in [2.05, 4.69) is 4.57 Å². The second-order valence-corrected chi connectivity index (χ2v) is 8.17. The largest absolute Gasteiger partial charge is 0.497 e. The molecule has 0 aliphatic heterocycles. The van der Waals surface area contributed by atoms with Gasteiger partial charge in [0.25, 0.3) is 0 Å². The molecule has 5 nitrogen and oxygen atoms in total. The van der Waals surface area contributed by atoms with Crippen molar-refractivity contribution in [3.63, 3.8) is 0 Å². The topological polar surface area (TPSA) is 71.7 Å². The van der Waals surface area contributed by atoms with Crippen molar-refractivity contribution in [2.45, 2.75) is 12.7 Å². The number of methoxy groups -OCH3 is 1. The Labute approximate surface area is 161 Å². The van der Waals surface area contributed by atoms with Crippen molar-refractivity contribution >= 4 is 29.4 Å². The van der Waals surface area contributed by atoms with E-state index in [1.807, 2.05) is 42.5 Å². The van der Waals surface area contributed by atoms with Crippen LogP contribution < -0.4 is 4.74 Å². The third kappa shape index (κ3) is 3.62. The van der Waals surface area contributed by atoms with Crippen LogP contribution in [0.3, 0.4) is 0 Å². The van der Waals surface area contributed by atoms with E-state index < -0.39 is 14.6 Å². The van der Waals surface area contributed by atoms with Crippen LogP contribution in [0.25, 0.3) is 21.8 Å². The van der Waals surface area contributed by atoms with Crippen LogP contribution in [0.5, 0.6) is 5.75 Å². The number of hydrogen-bond donors (Lipinski definition) is 2. The van der Waals surface area contributed by atoms with Gasteiger partial charge in [-0.3, -0.25) is 4.57 Å². The molecule has 138 valence electrons. The van der Waals surface area contributed by atoms with Crippen molar-refractivity contribution in [3.05, 3.63) is 77.9 Å². The predicted octanol–water partition coefficient (Wildman–Crippen LogP) is 4.53. The first-order valence-corrected chi connectivity index (χ1v) is 10.2. The number of rotatable bonds is 5. The Morgan fingerprint density at radius 2 is 1.67 bits per heavy atom. The summed E-state index contributed by atoms with van der Waals surface area (Å²) in [6, 6.07) is 20.3. The maximum Gasteiger partial charge on any atom is 0.329 e. The average molecular weight is 384 g/mol. The highest BCUT2D eigenvalue weighted by molar-refractivity contribution is 7.50. The molecule has 0 atom stereocenters. The molecule has 0 radical (unpaired) electrons. The van der Waals surface area contributed by atoms with E-state index in [1.165, 1.54) is 0 Å². The van der Waals surface area contributed by atoms with Crippen molar-refractivity contribution in [3.8, 4) is 5.75 Å². The lowest BCUT2D eigenvalue weighted by molar-refractivity contribution is 0.371. The van der Waals surface area contributed by atoms with Crippen LogP contribution in [-0.2, 0) is 17.3 Å². The summed E-state index contributed by atoms with van der Waals surface area (Å²) in [6.07, 6.45) is -0.293. The van der Waals surface area contributed by atoms with E-state index in [-0.39, 0.29) is 11.9 Å². The first-order chi connectivity index (χ1) is 14.1. The first kappa shape index (κ1) is 14.5. The molecule has 0 bridgehead atoms. The molecule has 0 spiro atoms. The van der Waals surface area contributed by atoms with E-state index in [4.69, 9.17) is 18.6 Å². The quantitative estimate of drug-likeness (QED) is 0.496. The van der Waals surface area contributed by atoms with Gasteiger partial charge in [-0.2, -0.15) is 0 Å². The van der Waals surface area contributed by atoms with E-state index in [0.717, 1.165) is 27.4 Å². The van der Waals surface area contributed by atoms with Crippen molar-refractivity contribution in [1.82, 2.24) is 4.57 Å². The van der Waals surface area contributed by atoms with Gasteiger partial charge in [-0.05, 0) is 29.3 Å². The fourth-order valence-electron chi connectivity index (χ4n) is 3.43. The molecule has 0 amide bonds. The molecular formula is C21H20NO4P. The van der Waals surface area contributed by atoms with Crippen LogP contribution in [0.2, 0.25) is 0 Å². The van der Waals surface area contributed by atoms with Crippen LogP contribution in [0.1, 0.15) is 15.2 Å². The fourth-order valence-corrected chi connectivity index (χ4v) is 4.12. The molecule has 27 heavy (non-hydrogen) atoms. The van der Waals surface area contributed by atoms with Gasteiger partial charge in [0.2, 0.25) is 0 Å². The zero-order valence-corrected chi connectivity index (χ0v) is 15.3. The summed E-state index contributed by atoms with van der Waals surface area (Å²) in [5, 5.41) is 2.03. The summed E-state index contributed by atoms with van der Waals surface area (Å²) in [4.78, 5) is 18.3. The smallest absolute Gasteiger partial charge is 0.329 e. The number of aromatic nitrogens is 1. The average Bonchev–Trinajstić information content (AvgIpc) is 2.94. The highest BCUT2D eigenvalue weighted by atomic mass is 31.2. The highest BCUT2D eigenvalue weighted by Gasteiger charge is 2.14. The maximum atomic E-state index is 11.2. The molecule has 3 aromatic carbocycles. The summed E-state index contributed by atoms with van der Waals surface area (Å²) in [6.45, 7) is 0.511.